The molecule has 8 aliphatic heterocycles. The van der Waals surface area contributed by atoms with Gasteiger partial charge >= 0.3 is 18.0 Å². The SMILES string of the molecule is CN[C@H](CC(C)C)C(=O)NC1C(=O)N[C@@H](CC(N)=O)C(=O)N[C@H]2C(=O)N[C@H]3C(=O)N[C@H](C(=O)N[C@@H](C(=O)O)c4cc(O)c(CNCCc5ccncc5)c(O)c4-c4cc3ccc4O)[C@H](OC3C[C@](C)(N)[C@@H](O)[C@H](C)O3)c3ccc(c(Cl)c3)Oc3cc2cc(c3O[C@@H]2O[C@H](CO)[C@@H](O[C@@H]3O[C@H](CNCCn4ccc(NC(=O)c5ccc(OC(F)(F)F)cc5)nc4=O)[C@H](O)[C@H](O)[C@H]3O)[C@H](O)[C@H]2O)Oc2ccc(cc2Cl)[C@H]1O. The molecule has 0 radical (unpaired) electrons. The highest BCUT2D eigenvalue weighted by Gasteiger charge is 2.54. The van der Waals surface area contributed by atoms with E-state index in [-0.39, 0.29) is 66.6 Å². The molecule has 11 bridgehead atoms. The predicted octanol–water partition coefficient (Wildman–Crippen LogP) is 0.663. The molecule has 3 saturated heterocycles. The molecule has 0 aliphatic carbocycles. The number of amides is 8. The molecule has 2 unspecified atom stereocenters. The van der Waals surface area contributed by atoms with Crippen LogP contribution in [0.4, 0.5) is 19.0 Å². The molecule has 8 aliphatic rings. The van der Waals surface area contributed by atoms with Gasteiger partial charge in [0.05, 0.1) is 46.9 Å². The van der Waals surface area contributed by atoms with Gasteiger partial charge in [0.15, 0.2) is 30.1 Å². The van der Waals surface area contributed by atoms with Gasteiger partial charge in [0.25, 0.3) is 5.91 Å². The Kier molecular flexibility index (Phi) is 33.9. The number of aromatic nitrogens is 3. The van der Waals surface area contributed by atoms with E-state index in [0.29, 0.717) is 6.42 Å². The summed E-state index contributed by atoms with van der Waals surface area (Å²) in [5.74, 6) is -19.0. The van der Waals surface area contributed by atoms with Gasteiger partial charge in [0.1, 0.15) is 132 Å². The zero-order valence-electron chi connectivity index (χ0n) is 77.6. The van der Waals surface area contributed by atoms with Gasteiger partial charge in [-0.1, -0.05) is 55.2 Å². The highest BCUT2D eigenvalue weighted by atomic mass is 35.5. The summed E-state index contributed by atoms with van der Waals surface area (Å²) in [6.45, 7) is 4.41. The zero-order valence-corrected chi connectivity index (χ0v) is 79.1. The van der Waals surface area contributed by atoms with Crippen molar-refractivity contribution in [2.24, 2.45) is 17.4 Å². The number of carboxylic acids is 1. The molecule has 8 aromatic rings. The normalized spacial score (nSPS) is 27.3. The number of phenols is 3. The van der Waals surface area contributed by atoms with Crippen molar-refractivity contribution in [3.8, 4) is 62.9 Å². The minimum Gasteiger partial charge on any atom is -0.507 e. The first-order valence-electron chi connectivity index (χ1n) is 45.4. The summed E-state index contributed by atoms with van der Waals surface area (Å²) in [7, 11) is 1.44. The summed E-state index contributed by atoms with van der Waals surface area (Å²) in [4.78, 5) is 156. The van der Waals surface area contributed by atoms with Crippen LogP contribution in [0.3, 0.4) is 0 Å². The number of nitrogens with one attached hydrogen (secondary N) is 10. The van der Waals surface area contributed by atoms with E-state index >= 15 is 24.0 Å². The summed E-state index contributed by atoms with van der Waals surface area (Å²) in [6, 6.07) is 6.17. The average molecular weight is 2070 g/mol. The molecule has 0 spiro atoms. The summed E-state index contributed by atoms with van der Waals surface area (Å²) in [6.07, 6.45) is -31.0. The van der Waals surface area contributed by atoms with E-state index < -0.39 is 321 Å². The summed E-state index contributed by atoms with van der Waals surface area (Å²) < 4.78 is 94.4. The number of carboxylic acid groups (broad SMARTS) is 1. The number of carbonyl (C=O) groups excluding carboxylic acids is 8. The lowest BCUT2D eigenvalue weighted by Crippen LogP contribution is -2.65. The van der Waals surface area contributed by atoms with Gasteiger partial charge in [0.2, 0.25) is 53.4 Å². The smallest absolute Gasteiger partial charge is 0.507 e. The number of hydrogen-bond donors (Lipinski definition) is 24. The molecule has 778 valence electrons. The number of pyridine rings is 1. The number of halogens is 5. The molecule has 46 nitrogen and oxygen atoms in total. The fourth-order valence-corrected chi connectivity index (χ4v) is 17.8. The van der Waals surface area contributed by atoms with Crippen molar-refractivity contribution in [1.29, 1.82) is 0 Å². The monoisotopic (exact) mass is 2070 g/mol. The van der Waals surface area contributed by atoms with Crippen molar-refractivity contribution >= 4 is 82.2 Å². The number of fused-ring (bicyclic) bond motifs is 15. The Balaban J connectivity index is 0.874. The molecule has 6 aromatic carbocycles. The van der Waals surface area contributed by atoms with Crippen LogP contribution in [0.1, 0.15) is 127 Å². The number of rotatable bonds is 28. The summed E-state index contributed by atoms with van der Waals surface area (Å²) in [5, 5.41) is 168. The number of phenolic OH excluding ortho intramolecular Hbond substituents is 3. The molecule has 8 amide bonds. The van der Waals surface area contributed by atoms with Gasteiger partial charge < -0.3 is 169 Å². The predicted molar refractivity (Wildman–Crippen MR) is 497 cm³/mol. The van der Waals surface area contributed by atoms with E-state index in [1.54, 1.807) is 38.4 Å². The number of benzene rings is 6. The van der Waals surface area contributed by atoms with Gasteiger partial charge in [-0.25, -0.2) is 9.59 Å². The Morgan fingerprint density at radius 3 is 1.96 bits per heavy atom. The second-order valence-corrected chi connectivity index (χ2v) is 36.7. The third kappa shape index (κ3) is 25.0. The van der Waals surface area contributed by atoms with Crippen LogP contribution in [-0.2, 0) is 81.6 Å². The number of likely N-dealkylation sites (N-methyl/N-ethyl adjacent to an activating group) is 1. The van der Waals surface area contributed by atoms with Crippen molar-refractivity contribution in [3.05, 3.63) is 199 Å². The van der Waals surface area contributed by atoms with Crippen LogP contribution in [0.15, 0.2) is 139 Å². The van der Waals surface area contributed by atoms with Crippen LogP contribution in [0.5, 0.6) is 51.7 Å². The largest absolute Gasteiger partial charge is 0.573 e. The van der Waals surface area contributed by atoms with E-state index in [0.717, 1.165) is 101 Å². The van der Waals surface area contributed by atoms with E-state index in [9.17, 15) is 98.4 Å². The van der Waals surface area contributed by atoms with Crippen LogP contribution in [-0.4, -0.2) is 278 Å². The fourth-order valence-electron chi connectivity index (χ4n) is 17.3. The number of aliphatic carboxylic acids is 1. The Hall–Kier alpha value is -13.1. The maximum atomic E-state index is 16.7. The number of nitrogens with two attached hydrogens (primary N) is 2. The standard InChI is InChI=1S/C94H106Cl2F3N15O31/c1-38(2)26-52(102-5)83(128)112-69-71(119)43-9-14-56(50(95)28-43)138-58-30-45-31-59(79(58)143-91-77(125)75(123)80(61(37-115)141-91)144-90-76(124)74(122)73(121)60(140-90)36-105-23-25-114-24-19-63(108-92(114)136)107-82(127)41-6-11-46(12-7-41)145-94(97,98)99)139-57-15-10-44(29-51(57)96)78(142-64-34-93(4,101)81(126)39(3)137-64)70-88(133)111-68(89(134)135)48-32-55(117)49(35-104-22-18-40-16-20-103-21-17-40)72(120)65(48)47-27-42(8-13-54(47)116)66(85(130)113-70)110-86(131)67(45)109-84(129)53(33-62(100)118)106-87(69)132/h6-17,19-21,24,27-32,38-39,52-53,60-61,64,66-71,73-78,80-81,90-91,102,104-105,115-117,119-126H,18,22-23,25-26,33-37,101H2,1-5H3,(H2,100,118)(H,106,132)(H,109,129)(H,110,131)(H,111,133)(H,112,128)(H,113,130)(H,134,135)(H,107,108,127,136)/t39-,52+,53-,60+,61+,64?,66+,67+,68+,69?,70-,71+,73-,74-,75+,76+,77+,78+,80+,81-,90-,91-,93-/m0/s1. The minimum absolute atomic E-state index is 0.115. The number of aromatic hydroxyl groups is 3. The molecule has 0 saturated carbocycles. The van der Waals surface area contributed by atoms with Gasteiger partial charge in [-0.2, -0.15) is 4.98 Å². The third-order valence-electron chi connectivity index (χ3n) is 25.0. The van der Waals surface area contributed by atoms with Crippen molar-refractivity contribution in [3.63, 3.8) is 0 Å². The number of ether oxygens (including phenoxy) is 9. The zero-order chi connectivity index (χ0) is 105. The first-order chi connectivity index (χ1) is 68.7. The van der Waals surface area contributed by atoms with E-state index in [2.05, 4.69) is 67.9 Å². The van der Waals surface area contributed by atoms with Crippen LogP contribution in [0.2, 0.25) is 10.0 Å². The first-order valence-corrected chi connectivity index (χ1v) is 46.2. The second-order valence-electron chi connectivity index (χ2n) is 35.9. The number of aliphatic hydroxyl groups excluding tert-OH is 8. The molecule has 10 heterocycles. The maximum absolute atomic E-state index is 16.7. The quantitative estimate of drug-likeness (QED) is 0.0300. The number of alkyl halides is 3. The van der Waals surface area contributed by atoms with E-state index in [1.807, 2.05) is 0 Å². The molecule has 145 heavy (non-hydrogen) atoms. The average Bonchev–Trinajstić information content (AvgIpc) is 0.665. The Morgan fingerprint density at radius 2 is 1.32 bits per heavy atom. The highest BCUT2D eigenvalue weighted by Crippen LogP contribution is 2.51. The molecule has 26 N–H and O–H groups in total. The maximum Gasteiger partial charge on any atom is 0.573 e. The van der Waals surface area contributed by atoms with E-state index in [1.165, 1.54) is 39.2 Å². The van der Waals surface area contributed by atoms with Crippen LogP contribution in [0.25, 0.3) is 11.1 Å². The lowest BCUT2D eigenvalue weighted by Gasteiger charge is -2.46. The van der Waals surface area contributed by atoms with Gasteiger partial charge in [-0.05, 0) is 171 Å². The Bertz CT molecular complexity index is 6200. The molecule has 23 atom stereocenters. The fraction of sp³-hybridized carbons (Fsp3) is 0.426. The lowest BCUT2D eigenvalue weighted by atomic mass is 9.86. The van der Waals surface area contributed by atoms with Crippen LogP contribution in [0, 0.1) is 5.92 Å². The Labute approximate surface area is 831 Å². The molecule has 2 aromatic heterocycles. The van der Waals surface area contributed by atoms with E-state index in [4.69, 9.17) is 72.6 Å². The molecular formula is C94H106Cl2F3N15O31. The van der Waals surface area contributed by atoms with Crippen molar-refractivity contribution in [2.75, 3.05) is 38.6 Å². The van der Waals surface area contributed by atoms with Gasteiger partial charge in [-0.15, -0.1) is 13.2 Å². The number of hydrogen-bond acceptors (Lipinski definition) is 36. The van der Waals surface area contributed by atoms with Gasteiger partial charge in [0, 0.05) is 79.0 Å². The van der Waals surface area contributed by atoms with Crippen LogP contribution >= 0.6 is 23.2 Å². The van der Waals surface area contributed by atoms with Crippen molar-refractivity contribution in [1.82, 2.24) is 62.4 Å². The topological polar surface area (TPSA) is 700 Å². The Morgan fingerprint density at radius 1 is 0.683 bits per heavy atom. The van der Waals surface area contributed by atoms with Gasteiger partial charge in [-0.3, -0.25) is 47.9 Å². The third-order valence-corrected chi connectivity index (χ3v) is 25.5. The first kappa shape index (κ1) is 108. The summed E-state index contributed by atoms with van der Waals surface area (Å²) >= 11 is 14.6. The summed E-state index contributed by atoms with van der Waals surface area (Å²) in [5.41, 5.74) is 7.27. The van der Waals surface area contributed by atoms with Crippen molar-refractivity contribution < 1.29 is 160 Å². The van der Waals surface area contributed by atoms with Crippen molar-refractivity contribution in [2.45, 2.75) is 213 Å². The lowest BCUT2D eigenvalue weighted by molar-refractivity contribution is -0.350. The molecule has 51 heteroatoms. The number of aliphatic hydroxyl groups is 8. The number of nitrogens with zero attached hydrogens (tertiary/aromatic N) is 3. The molecule has 16 rings (SSSR count). The highest BCUT2D eigenvalue weighted by molar-refractivity contribution is 6.32. The number of anilines is 1. The second kappa shape index (κ2) is 45.7. The minimum atomic E-state index is -4.99. The van der Waals surface area contributed by atoms with Crippen LogP contribution < -0.4 is 89.3 Å². The number of carbonyl (C=O) groups is 9. The number of primary amides is 1. The molecular weight excluding hydrogens is 1960 g/mol. The molecule has 3 fully saturated rings.